The summed E-state index contributed by atoms with van der Waals surface area (Å²) in [6.07, 6.45) is 1.74. The summed E-state index contributed by atoms with van der Waals surface area (Å²) < 4.78 is 18.6. The zero-order chi connectivity index (χ0) is 22.5. The number of halogens is 1. The Hall–Kier alpha value is -3.08. The topological polar surface area (TPSA) is 102 Å². The molecule has 0 saturated heterocycles. The zero-order valence-electron chi connectivity index (χ0n) is 16.9. The number of fused-ring (bicyclic) bond motifs is 1. The lowest BCUT2D eigenvalue weighted by molar-refractivity contribution is -0.385. The summed E-state index contributed by atoms with van der Waals surface area (Å²) in [6, 6.07) is 10.1. The van der Waals surface area contributed by atoms with Crippen LogP contribution in [-0.4, -0.2) is 26.5 Å². The molecule has 0 unspecified atom stereocenters. The first-order valence-corrected chi connectivity index (χ1v) is 11.0. The Balaban J connectivity index is 1.52. The Morgan fingerprint density at radius 3 is 2.88 bits per heavy atom. The number of allylic oxidation sites excluding steroid dienone is 1. The van der Waals surface area contributed by atoms with Crippen LogP contribution < -0.4 is 9.47 Å². The number of benzene rings is 2. The molecule has 0 aliphatic carbocycles. The summed E-state index contributed by atoms with van der Waals surface area (Å²) in [5, 5.41) is 21.1. The molecule has 4 rings (SSSR count). The molecule has 0 bridgehead atoms. The Morgan fingerprint density at radius 2 is 2.12 bits per heavy atom. The fourth-order valence-corrected chi connectivity index (χ4v) is 4.22. The third-order valence-corrected chi connectivity index (χ3v) is 5.89. The first kappa shape index (κ1) is 22.1. The highest BCUT2D eigenvalue weighted by Gasteiger charge is 2.22. The van der Waals surface area contributed by atoms with Crippen molar-refractivity contribution in [1.82, 2.24) is 14.8 Å². The number of hydrogen-bond donors (Lipinski definition) is 0. The van der Waals surface area contributed by atoms with Crippen molar-refractivity contribution in [2.45, 2.75) is 30.7 Å². The van der Waals surface area contributed by atoms with Crippen molar-refractivity contribution < 1.29 is 19.1 Å². The van der Waals surface area contributed by atoms with Gasteiger partial charge in [-0.2, -0.15) is 0 Å². The van der Waals surface area contributed by atoms with Gasteiger partial charge < -0.3 is 14.2 Å². The SMILES string of the molecule is C=CCn1c(COc2ccc(Cl)cc2)nnc1SCc1cc([N+](=O)[O-])cc2c1OCOC2. The second kappa shape index (κ2) is 10.0. The van der Waals surface area contributed by atoms with E-state index in [4.69, 9.17) is 25.8 Å². The highest BCUT2D eigenvalue weighted by atomic mass is 35.5. The Morgan fingerprint density at radius 1 is 1.31 bits per heavy atom. The van der Waals surface area contributed by atoms with Crippen LogP contribution in [0.5, 0.6) is 11.5 Å². The van der Waals surface area contributed by atoms with E-state index in [2.05, 4.69) is 16.8 Å². The number of nitro benzene ring substituents is 1. The molecule has 0 saturated carbocycles. The largest absolute Gasteiger partial charge is 0.486 e. The number of non-ortho nitro benzene ring substituents is 1. The first-order valence-electron chi connectivity index (χ1n) is 9.60. The van der Waals surface area contributed by atoms with Crippen LogP contribution in [-0.2, 0) is 30.2 Å². The molecule has 2 heterocycles. The number of rotatable bonds is 9. The van der Waals surface area contributed by atoms with Crippen LogP contribution in [0.4, 0.5) is 5.69 Å². The summed E-state index contributed by atoms with van der Waals surface area (Å²) >= 11 is 7.31. The van der Waals surface area contributed by atoms with Gasteiger partial charge in [0.1, 0.15) is 18.1 Å². The van der Waals surface area contributed by atoms with E-state index in [0.29, 0.717) is 50.9 Å². The molecule has 9 nitrogen and oxygen atoms in total. The lowest BCUT2D eigenvalue weighted by Crippen LogP contribution is -2.13. The van der Waals surface area contributed by atoms with Gasteiger partial charge in [0.2, 0.25) is 0 Å². The molecular weight excluding hydrogens is 456 g/mol. The van der Waals surface area contributed by atoms with Crippen LogP contribution in [0.3, 0.4) is 0 Å². The Labute approximate surface area is 193 Å². The fourth-order valence-electron chi connectivity index (χ4n) is 3.16. The van der Waals surface area contributed by atoms with E-state index in [-0.39, 0.29) is 25.7 Å². The molecule has 0 N–H and O–H groups in total. The number of thioether (sulfide) groups is 1. The van der Waals surface area contributed by atoms with Crippen molar-refractivity contribution in [2.75, 3.05) is 6.79 Å². The van der Waals surface area contributed by atoms with Crippen molar-refractivity contribution in [2.24, 2.45) is 0 Å². The van der Waals surface area contributed by atoms with Gasteiger partial charge in [0, 0.05) is 40.6 Å². The van der Waals surface area contributed by atoms with E-state index in [1.807, 2.05) is 4.57 Å². The van der Waals surface area contributed by atoms with E-state index >= 15 is 0 Å². The van der Waals surface area contributed by atoms with Crippen LogP contribution >= 0.6 is 23.4 Å². The molecule has 0 spiro atoms. The zero-order valence-corrected chi connectivity index (χ0v) is 18.5. The average molecular weight is 475 g/mol. The van der Waals surface area contributed by atoms with Gasteiger partial charge in [0.25, 0.3) is 5.69 Å². The summed E-state index contributed by atoms with van der Waals surface area (Å²) in [6.45, 7) is 4.90. The Bertz CT molecular complexity index is 1140. The van der Waals surface area contributed by atoms with E-state index in [0.717, 1.165) is 0 Å². The highest BCUT2D eigenvalue weighted by Crippen LogP contribution is 2.36. The van der Waals surface area contributed by atoms with Crippen LogP contribution in [0, 0.1) is 10.1 Å². The molecule has 1 aliphatic rings. The molecule has 2 aromatic carbocycles. The standard InChI is InChI=1S/C21H19ClN4O5S/c1-2-7-25-19(11-30-18-5-3-16(22)4-6-18)23-24-21(25)32-12-15-9-17(26(27)28)8-14-10-29-13-31-20(14)15/h2-6,8-9H,1,7,10-13H2. The van der Waals surface area contributed by atoms with E-state index in [1.165, 1.54) is 23.9 Å². The minimum atomic E-state index is -0.421. The van der Waals surface area contributed by atoms with Gasteiger partial charge in [-0.15, -0.1) is 16.8 Å². The number of nitrogens with zero attached hydrogens (tertiary/aromatic N) is 4. The maximum atomic E-state index is 11.3. The third kappa shape index (κ3) is 5.04. The monoisotopic (exact) mass is 474 g/mol. The summed E-state index contributed by atoms with van der Waals surface area (Å²) in [5.74, 6) is 2.33. The fraction of sp³-hybridized carbons (Fsp3) is 0.238. The van der Waals surface area contributed by atoms with E-state index < -0.39 is 4.92 Å². The van der Waals surface area contributed by atoms with Crippen molar-refractivity contribution >= 4 is 29.1 Å². The van der Waals surface area contributed by atoms with E-state index in [9.17, 15) is 10.1 Å². The first-order chi connectivity index (χ1) is 15.5. The van der Waals surface area contributed by atoms with Gasteiger partial charge >= 0.3 is 0 Å². The van der Waals surface area contributed by atoms with Crippen molar-refractivity contribution in [1.29, 1.82) is 0 Å². The minimum absolute atomic E-state index is 0.00179. The normalized spacial score (nSPS) is 12.7. The highest BCUT2D eigenvalue weighted by molar-refractivity contribution is 7.98. The lowest BCUT2D eigenvalue weighted by atomic mass is 10.1. The van der Waals surface area contributed by atoms with Crippen molar-refractivity contribution in [3.63, 3.8) is 0 Å². The molecule has 1 aliphatic heterocycles. The summed E-state index contributed by atoms with van der Waals surface area (Å²) in [4.78, 5) is 10.9. The van der Waals surface area contributed by atoms with Crippen LogP contribution in [0.25, 0.3) is 0 Å². The maximum absolute atomic E-state index is 11.3. The van der Waals surface area contributed by atoms with Crippen LogP contribution in [0.1, 0.15) is 17.0 Å². The number of hydrogen-bond acceptors (Lipinski definition) is 8. The van der Waals surface area contributed by atoms with Crippen molar-refractivity contribution in [3.8, 4) is 11.5 Å². The number of nitro groups is 1. The van der Waals surface area contributed by atoms with Crippen LogP contribution in [0.2, 0.25) is 5.02 Å². The van der Waals surface area contributed by atoms with E-state index in [1.54, 1.807) is 30.3 Å². The summed E-state index contributed by atoms with van der Waals surface area (Å²) in [7, 11) is 0. The summed E-state index contributed by atoms with van der Waals surface area (Å²) in [5.41, 5.74) is 1.36. The molecule has 0 radical (unpaired) electrons. The molecule has 3 aromatic rings. The second-order valence-corrected chi connectivity index (χ2v) is 8.17. The predicted molar refractivity (Wildman–Crippen MR) is 119 cm³/mol. The van der Waals surface area contributed by atoms with Gasteiger partial charge in [-0.3, -0.25) is 14.7 Å². The molecule has 1 aromatic heterocycles. The number of ether oxygens (including phenoxy) is 3. The van der Waals surface area contributed by atoms with Gasteiger partial charge in [-0.25, -0.2) is 0 Å². The second-order valence-electron chi connectivity index (χ2n) is 6.79. The molecule has 0 atom stereocenters. The molecule has 166 valence electrons. The number of aromatic nitrogens is 3. The van der Waals surface area contributed by atoms with Gasteiger partial charge in [0.15, 0.2) is 17.8 Å². The van der Waals surface area contributed by atoms with Gasteiger partial charge in [-0.05, 0) is 24.3 Å². The quantitative estimate of drug-likeness (QED) is 0.189. The molecule has 32 heavy (non-hydrogen) atoms. The molecule has 0 amide bonds. The minimum Gasteiger partial charge on any atom is -0.486 e. The lowest BCUT2D eigenvalue weighted by Gasteiger charge is -2.20. The average Bonchev–Trinajstić information content (AvgIpc) is 3.18. The molecular formula is C21H19ClN4O5S. The third-order valence-electron chi connectivity index (χ3n) is 4.63. The molecule has 11 heteroatoms. The van der Waals surface area contributed by atoms with Gasteiger partial charge in [-0.1, -0.05) is 29.4 Å². The smallest absolute Gasteiger partial charge is 0.270 e. The van der Waals surface area contributed by atoms with Crippen molar-refractivity contribution in [3.05, 3.63) is 81.1 Å². The maximum Gasteiger partial charge on any atom is 0.270 e. The van der Waals surface area contributed by atoms with Gasteiger partial charge in [0.05, 0.1) is 11.5 Å². The Kier molecular flexibility index (Phi) is 6.93. The molecule has 0 fully saturated rings. The van der Waals surface area contributed by atoms with Crippen LogP contribution in [0.15, 0.2) is 54.2 Å². The predicted octanol–water partition coefficient (Wildman–Crippen LogP) is 4.76.